The monoisotopic (exact) mass is 232 g/mol. The van der Waals surface area contributed by atoms with Crippen molar-refractivity contribution in [3.63, 3.8) is 0 Å². The lowest BCUT2D eigenvalue weighted by atomic mass is 10.1. The molecule has 1 aromatic heterocycles. The summed E-state index contributed by atoms with van der Waals surface area (Å²) in [6, 6.07) is 5.77. The van der Waals surface area contributed by atoms with Gasteiger partial charge in [0.2, 0.25) is 0 Å². The van der Waals surface area contributed by atoms with Crippen LogP contribution in [0.25, 0.3) is 10.9 Å². The van der Waals surface area contributed by atoms with Gasteiger partial charge in [-0.3, -0.25) is 0 Å². The van der Waals surface area contributed by atoms with E-state index in [1.54, 1.807) is 20.3 Å². The standard InChI is InChI=1S/C13H16N2O2/c1-4-8-5-9-6-10(16-2)7-11(17-3)12(9)15-13(8)14/h5-7H,4H2,1-3H3,(H2,14,15). The molecule has 0 saturated carbocycles. The van der Waals surface area contributed by atoms with Crippen LogP contribution in [0.2, 0.25) is 0 Å². The van der Waals surface area contributed by atoms with Gasteiger partial charge >= 0.3 is 0 Å². The number of nitrogens with two attached hydrogens (primary N) is 1. The van der Waals surface area contributed by atoms with Crippen molar-refractivity contribution in [3.05, 3.63) is 23.8 Å². The van der Waals surface area contributed by atoms with Crippen LogP contribution in [0.1, 0.15) is 12.5 Å². The zero-order valence-corrected chi connectivity index (χ0v) is 10.3. The molecule has 4 nitrogen and oxygen atoms in total. The van der Waals surface area contributed by atoms with E-state index in [9.17, 15) is 0 Å². The van der Waals surface area contributed by atoms with Crippen molar-refractivity contribution < 1.29 is 9.47 Å². The topological polar surface area (TPSA) is 57.4 Å². The Morgan fingerprint density at radius 1 is 1.18 bits per heavy atom. The number of hydrogen-bond donors (Lipinski definition) is 1. The fourth-order valence-corrected chi connectivity index (χ4v) is 1.84. The maximum absolute atomic E-state index is 5.89. The number of anilines is 1. The van der Waals surface area contributed by atoms with Crippen LogP contribution in [0.5, 0.6) is 11.5 Å². The summed E-state index contributed by atoms with van der Waals surface area (Å²) in [4.78, 5) is 4.39. The molecule has 0 aliphatic rings. The van der Waals surface area contributed by atoms with Gasteiger partial charge in [-0.1, -0.05) is 6.92 Å². The number of fused-ring (bicyclic) bond motifs is 1. The number of hydrogen-bond acceptors (Lipinski definition) is 4. The SMILES string of the molecule is CCc1cc2cc(OC)cc(OC)c2nc1N. The molecule has 4 heteroatoms. The van der Waals surface area contributed by atoms with Crippen molar-refractivity contribution in [2.75, 3.05) is 20.0 Å². The second kappa shape index (κ2) is 4.49. The van der Waals surface area contributed by atoms with Crippen LogP contribution in [0, 0.1) is 0 Å². The van der Waals surface area contributed by atoms with Gasteiger partial charge in [0, 0.05) is 11.5 Å². The normalized spacial score (nSPS) is 10.5. The Labute approximate surface area is 100 Å². The van der Waals surface area contributed by atoms with Crippen molar-refractivity contribution in [1.82, 2.24) is 4.98 Å². The number of methoxy groups -OCH3 is 2. The Hall–Kier alpha value is -1.97. The minimum Gasteiger partial charge on any atom is -0.497 e. The lowest BCUT2D eigenvalue weighted by Gasteiger charge is -2.10. The third kappa shape index (κ3) is 1.98. The minimum absolute atomic E-state index is 0.559. The van der Waals surface area contributed by atoms with Crippen LogP contribution in [0.4, 0.5) is 5.82 Å². The quantitative estimate of drug-likeness (QED) is 0.882. The molecule has 2 aromatic rings. The fraction of sp³-hybridized carbons (Fsp3) is 0.308. The molecule has 0 saturated heterocycles. The Morgan fingerprint density at radius 3 is 2.53 bits per heavy atom. The van der Waals surface area contributed by atoms with E-state index in [1.165, 1.54) is 0 Å². The maximum Gasteiger partial charge on any atom is 0.148 e. The number of benzene rings is 1. The van der Waals surface area contributed by atoms with Crippen molar-refractivity contribution >= 4 is 16.7 Å². The maximum atomic E-state index is 5.89. The minimum atomic E-state index is 0.559. The summed E-state index contributed by atoms with van der Waals surface area (Å²) in [5.74, 6) is 1.99. The van der Waals surface area contributed by atoms with Gasteiger partial charge in [0.1, 0.15) is 22.8 Å². The van der Waals surface area contributed by atoms with Crippen molar-refractivity contribution in [3.8, 4) is 11.5 Å². The summed E-state index contributed by atoms with van der Waals surface area (Å²) in [6.45, 7) is 2.05. The second-order valence-corrected chi connectivity index (χ2v) is 3.79. The van der Waals surface area contributed by atoms with Crippen LogP contribution in [0.3, 0.4) is 0 Å². The molecule has 0 fully saturated rings. The molecule has 2 N–H and O–H groups in total. The largest absolute Gasteiger partial charge is 0.497 e. The summed E-state index contributed by atoms with van der Waals surface area (Å²) in [5.41, 5.74) is 7.70. The summed E-state index contributed by atoms with van der Waals surface area (Å²) in [5, 5.41) is 0.979. The lowest BCUT2D eigenvalue weighted by molar-refractivity contribution is 0.397. The number of aromatic nitrogens is 1. The first-order valence-electron chi connectivity index (χ1n) is 5.50. The number of rotatable bonds is 3. The van der Waals surface area contributed by atoms with E-state index < -0.39 is 0 Å². The molecule has 1 aromatic carbocycles. The molecular weight excluding hydrogens is 216 g/mol. The Bertz CT molecular complexity index is 553. The van der Waals surface area contributed by atoms with Crippen molar-refractivity contribution in [1.29, 1.82) is 0 Å². The zero-order valence-electron chi connectivity index (χ0n) is 10.3. The summed E-state index contributed by atoms with van der Waals surface area (Å²) in [6.07, 6.45) is 0.855. The molecule has 1 heterocycles. The van der Waals surface area contributed by atoms with Gasteiger partial charge in [0.25, 0.3) is 0 Å². The van der Waals surface area contributed by atoms with E-state index in [-0.39, 0.29) is 0 Å². The number of ether oxygens (including phenoxy) is 2. The third-order valence-corrected chi connectivity index (χ3v) is 2.81. The van der Waals surface area contributed by atoms with Crippen LogP contribution in [0.15, 0.2) is 18.2 Å². The molecule has 0 aliphatic carbocycles. The van der Waals surface area contributed by atoms with E-state index in [1.807, 2.05) is 12.1 Å². The van der Waals surface area contributed by atoms with Crippen LogP contribution >= 0.6 is 0 Å². The highest BCUT2D eigenvalue weighted by molar-refractivity contribution is 5.88. The smallest absolute Gasteiger partial charge is 0.148 e. The number of nitrogen functional groups attached to an aromatic ring is 1. The van der Waals surface area contributed by atoms with Gasteiger partial charge in [-0.05, 0) is 24.1 Å². The first-order chi connectivity index (χ1) is 8.19. The van der Waals surface area contributed by atoms with Gasteiger partial charge < -0.3 is 15.2 Å². The zero-order chi connectivity index (χ0) is 12.4. The molecule has 0 radical (unpaired) electrons. The Balaban J connectivity index is 2.75. The second-order valence-electron chi connectivity index (χ2n) is 3.79. The van der Waals surface area contributed by atoms with E-state index in [4.69, 9.17) is 15.2 Å². The molecule has 90 valence electrons. The molecule has 0 spiro atoms. The average Bonchev–Trinajstić information content (AvgIpc) is 2.36. The average molecular weight is 232 g/mol. The van der Waals surface area contributed by atoms with Crippen molar-refractivity contribution in [2.24, 2.45) is 0 Å². The van der Waals surface area contributed by atoms with E-state index in [0.717, 1.165) is 28.6 Å². The van der Waals surface area contributed by atoms with Crippen LogP contribution in [-0.2, 0) is 6.42 Å². The van der Waals surface area contributed by atoms with E-state index >= 15 is 0 Å². The van der Waals surface area contributed by atoms with E-state index in [0.29, 0.717) is 11.6 Å². The van der Waals surface area contributed by atoms with Gasteiger partial charge in [-0.2, -0.15) is 0 Å². The van der Waals surface area contributed by atoms with Crippen molar-refractivity contribution in [2.45, 2.75) is 13.3 Å². The highest BCUT2D eigenvalue weighted by atomic mass is 16.5. The van der Waals surface area contributed by atoms with Crippen LogP contribution < -0.4 is 15.2 Å². The van der Waals surface area contributed by atoms with Gasteiger partial charge in [-0.15, -0.1) is 0 Å². The fourth-order valence-electron chi connectivity index (χ4n) is 1.84. The predicted molar refractivity (Wildman–Crippen MR) is 68.6 cm³/mol. The Kier molecular flexibility index (Phi) is 3.04. The van der Waals surface area contributed by atoms with Gasteiger partial charge in [0.05, 0.1) is 14.2 Å². The molecule has 0 atom stereocenters. The van der Waals surface area contributed by atoms with Crippen LogP contribution in [-0.4, -0.2) is 19.2 Å². The molecule has 2 rings (SSSR count). The molecule has 0 aliphatic heterocycles. The molecule has 0 bridgehead atoms. The lowest BCUT2D eigenvalue weighted by Crippen LogP contribution is -1.99. The van der Waals surface area contributed by atoms with Gasteiger partial charge in [0.15, 0.2) is 0 Å². The first kappa shape index (κ1) is 11.5. The number of pyridine rings is 1. The summed E-state index contributed by atoms with van der Waals surface area (Å²) in [7, 11) is 3.24. The molecule has 0 unspecified atom stereocenters. The first-order valence-corrected chi connectivity index (χ1v) is 5.50. The molecular formula is C13H16N2O2. The third-order valence-electron chi connectivity index (χ3n) is 2.81. The predicted octanol–water partition coefficient (Wildman–Crippen LogP) is 2.40. The number of aryl methyl sites for hydroxylation is 1. The molecule has 0 amide bonds. The summed E-state index contributed by atoms with van der Waals surface area (Å²) >= 11 is 0. The summed E-state index contributed by atoms with van der Waals surface area (Å²) < 4.78 is 10.5. The highest BCUT2D eigenvalue weighted by Gasteiger charge is 2.09. The molecule has 17 heavy (non-hydrogen) atoms. The highest BCUT2D eigenvalue weighted by Crippen LogP contribution is 2.31. The Morgan fingerprint density at radius 2 is 1.94 bits per heavy atom. The van der Waals surface area contributed by atoms with Gasteiger partial charge in [-0.25, -0.2) is 4.98 Å². The number of nitrogens with zero attached hydrogens (tertiary/aromatic N) is 1. The van der Waals surface area contributed by atoms with E-state index in [2.05, 4.69) is 11.9 Å².